The predicted octanol–water partition coefficient (Wildman–Crippen LogP) is 3.45. The van der Waals surface area contributed by atoms with Crippen LogP contribution < -0.4 is 9.47 Å². The molecule has 0 unspecified atom stereocenters. The highest BCUT2D eigenvalue weighted by Gasteiger charge is 2.09. The van der Waals surface area contributed by atoms with E-state index in [1.807, 2.05) is 48.5 Å². The van der Waals surface area contributed by atoms with Crippen LogP contribution in [0.25, 0.3) is 0 Å². The van der Waals surface area contributed by atoms with Crippen molar-refractivity contribution < 1.29 is 14.3 Å². The van der Waals surface area contributed by atoms with Gasteiger partial charge in [-0.3, -0.25) is 4.79 Å². The summed E-state index contributed by atoms with van der Waals surface area (Å²) >= 11 is 0. The van der Waals surface area contributed by atoms with Crippen molar-refractivity contribution in [2.45, 2.75) is 19.8 Å². The molecule has 0 radical (unpaired) electrons. The lowest BCUT2D eigenvalue weighted by Gasteiger charge is -2.11. The Bertz CT molecular complexity index is 591. The fraction of sp³-hybridized carbons (Fsp3) is 0.278. The van der Waals surface area contributed by atoms with Crippen molar-refractivity contribution in [3.8, 4) is 11.5 Å². The average molecular weight is 284 g/mol. The maximum Gasteiger partial charge on any atom is 0.174 e. The first-order valence-corrected chi connectivity index (χ1v) is 7.08. The second-order valence-electron chi connectivity index (χ2n) is 4.83. The molecular weight excluding hydrogens is 264 g/mol. The van der Waals surface area contributed by atoms with Gasteiger partial charge in [-0.05, 0) is 29.7 Å². The van der Waals surface area contributed by atoms with E-state index in [-0.39, 0.29) is 12.4 Å². The number of hydrogen-bond donors (Lipinski definition) is 0. The van der Waals surface area contributed by atoms with E-state index in [9.17, 15) is 4.79 Å². The number of carbonyl (C=O) groups excluding carboxylic acids is 1. The number of benzene rings is 2. The highest BCUT2D eigenvalue weighted by molar-refractivity contribution is 5.82. The number of ether oxygens (including phenoxy) is 2. The Kier molecular flexibility index (Phi) is 5.38. The molecule has 0 aliphatic rings. The van der Waals surface area contributed by atoms with Crippen LogP contribution in [0, 0.1) is 0 Å². The molecule has 3 heteroatoms. The third-order valence-electron chi connectivity index (χ3n) is 3.27. The maximum absolute atomic E-state index is 11.9. The molecule has 0 saturated carbocycles. The zero-order valence-corrected chi connectivity index (χ0v) is 12.5. The van der Waals surface area contributed by atoms with Gasteiger partial charge in [0.25, 0.3) is 0 Å². The first kappa shape index (κ1) is 15.1. The molecule has 2 aromatic rings. The van der Waals surface area contributed by atoms with Crippen LogP contribution in [0.3, 0.4) is 0 Å². The lowest BCUT2D eigenvalue weighted by molar-refractivity contribution is -0.120. The van der Waals surface area contributed by atoms with E-state index < -0.39 is 0 Å². The number of hydrogen-bond acceptors (Lipinski definition) is 3. The molecule has 21 heavy (non-hydrogen) atoms. The van der Waals surface area contributed by atoms with Gasteiger partial charge in [0.2, 0.25) is 0 Å². The lowest BCUT2D eigenvalue weighted by Crippen LogP contribution is -2.14. The fourth-order valence-corrected chi connectivity index (χ4v) is 2.08. The average Bonchev–Trinajstić information content (AvgIpc) is 2.53. The Morgan fingerprint density at radius 1 is 1.00 bits per heavy atom. The van der Waals surface area contributed by atoms with Gasteiger partial charge in [0.15, 0.2) is 17.3 Å². The van der Waals surface area contributed by atoms with E-state index in [4.69, 9.17) is 9.47 Å². The summed E-state index contributed by atoms with van der Waals surface area (Å²) in [6.07, 6.45) is 1.32. The third-order valence-corrected chi connectivity index (χ3v) is 3.27. The van der Waals surface area contributed by atoms with E-state index >= 15 is 0 Å². The van der Waals surface area contributed by atoms with E-state index in [1.165, 1.54) is 5.56 Å². The number of ketones is 1. The van der Waals surface area contributed by atoms with E-state index in [0.717, 1.165) is 12.0 Å². The van der Waals surface area contributed by atoms with Gasteiger partial charge in [-0.2, -0.15) is 0 Å². The van der Waals surface area contributed by atoms with Gasteiger partial charge < -0.3 is 9.47 Å². The topological polar surface area (TPSA) is 35.5 Å². The lowest BCUT2D eigenvalue weighted by atomic mass is 10.1. The minimum Gasteiger partial charge on any atom is -0.493 e. The largest absolute Gasteiger partial charge is 0.493 e. The SMILES string of the molecule is CCc1ccc(OCC(=O)Cc2ccccc2)c(OC)c1. The minimum atomic E-state index is 0.0443. The number of rotatable bonds is 7. The molecule has 0 saturated heterocycles. The van der Waals surface area contributed by atoms with Crippen LogP contribution in [0.5, 0.6) is 11.5 Å². The van der Waals surface area contributed by atoms with E-state index in [2.05, 4.69) is 6.92 Å². The van der Waals surface area contributed by atoms with Crippen molar-refractivity contribution in [2.24, 2.45) is 0 Å². The van der Waals surface area contributed by atoms with Gasteiger partial charge in [-0.1, -0.05) is 43.3 Å². The highest BCUT2D eigenvalue weighted by atomic mass is 16.5. The molecule has 0 N–H and O–H groups in total. The van der Waals surface area contributed by atoms with Crippen molar-refractivity contribution in [2.75, 3.05) is 13.7 Å². The molecule has 2 rings (SSSR count). The molecule has 0 amide bonds. The first-order chi connectivity index (χ1) is 10.2. The molecule has 0 fully saturated rings. The molecule has 0 heterocycles. The van der Waals surface area contributed by atoms with Crippen molar-refractivity contribution in [3.63, 3.8) is 0 Å². The molecule has 0 aliphatic carbocycles. The molecule has 3 nitrogen and oxygen atoms in total. The molecule has 2 aromatic carbocycles. The van der Waals surface area contributed by atoms with Crippen LogP contribution >= 0.6 is 0 Å². The summed E-state index contributed by atoms with van der Waals surface area (Å²) in [4.78, 5) is 11.9. The predicted molar refractivity (Wildman–Crippen MR) is 83.0 cm³/mol. The van der Waals surface area contributed by atoms with Crippen LogP contribution in [-0.2, 0) is 17.6 Å². The number of Topliss-reactive ketones (excluding diaryl/α,β-unsaturated/α-hetero) is 1. The standard InChI is InChI=1S/C18H20O3/c1-3-14-9-10-17(18(12-14)20-2)21-13-16(19)11-15-7-5-4-6-8-15/h4-10,12H,3,11,13H2,1-2H3. The highest BCUT2D eigenvalue weighted by Crippen LogP contribution is 2.28. The minimum absolute atomic E-state index is 0.0443. The summed E-state index contributed by atoms with van der Waals surface area (Å²) in [6.45, 7) is 2.13. The van der Waals surface area contributed by atoms with Crippen LogP contribution in [0.4, 0.5) is 0 Å². The molecular formula is C18H20O3. The first-order valence-electron chi connectivity index (χ1n) is 7.08. The Hall–Kier alpha value is -2.29. The van der Waals surface area contributed by atoms with Gasteiger partial charge in [-0.15, -0.1) is 0 Å². The van der Waals surface area contributed by atoms with E-state index in [0.29, 0.717) is 17.9 Å². The Labute approximate surface area is 125 Å². The van der Waals surface area contributed by atoms with Gasteiger partial charge in [0.05, 0.1) is 7.11 Å². The third kappa shape index (κ3) is 4.35. The van der Waals surface area contributed by atoms with Gasteiger partial charge >= 0.3 is 0 Å². The summed E-state index contributed by atoms with van der Waals surface area (Å²) in [5.74, 6) is 1.32. The second kappa shape index (κ2) is 7.48. The second-order valence-corrected chi connectivity index (χ2v) is 4.83. The molecule has 0 aromatic heterocycles. The smallest absolute Gasteiger partial charge is 0.174 e. The van der Waals surface area contributed by atoms with E-state index in [1.54, 1.807) is 7.11 Å². The van der Waals surface area contributed by atoms with Gasteiger partial charge in [0.1, 0.15) is 6.61 Å². The zero-order valence-electron chi connectivity index (χ0n) is 12.5. The van der Waals surface area contributed by atoms with Crippen molar-refractivity contribution in [1.29, 1.82) is 0 Å². The van der Waals surface area contributed by atoms with Crippen molar-refractivity contribution in [3.05, 3.63) is 59.7 Å². The maximum atomic E-state index is 11.9. The van der Waals surface area contributed by atoms with Crippen LogP contribution in [0.2, 0.25) is 0 Å². The summed E-state index contributed by atoms with van der Waals surface area (Å²) in [6, 6.07) is 15.4. The van der Waals surface area contributed by atoms with Crippen molar-refractivity contribution >= 4 is 5.78 Å². The summed E-state index contributed by atoms with van der Waals surface area (Å²) in [5, 5.41) is 0. The molecule has 0 spiro atoms. The summed E-state index contributed by atoms with van der Waals surface area (Å²) < 4.78 is 10.9. The quantitative estimate of drug-likeness (QED) is 0.781. The monoisotopic (exact) mass is 284 g/mol. The molecule has 110 valence electrons. The fourth-order valence-electron chi connectivity index (χ4n) is 2.08. The normalized spacial score (nSPS) is 10.2. The van der Waals surface area contributed by atoms with Crippen molar-refractivity contribution in [1.82, 2.24) is 0 Å². The summed E-state index contributed by atoms with van der Waals surface area (Å²) in [7, 11) is 1.60. The molecule has 0 aliphatic heterocycles. The Morgan fingerprint density at radius 3 is 2.43 bits per heavy atom. The van der Waals surface area contributed by atoms with Crippen LogP contribution in [-0.4, -0.2) is 19.5 Å². The van der Waals surface area contributed by atoms with Crippen LogP contribution in [0.1, 0.15) is 18.1 Å². The number of methoxy groups -OCH3 is 1. The molecule has 0 atom stereocenters. The van der Waals surface area contributed by atoms with Gasteiger partial charge in [0, 0.05) is 6.42 Å². The summed E-state index contributed by atoms with van der Waals surface area (Å²) in [5.41, 5.74) is 2.18. The Morgan fingerprint density at radius 2 is 1.76 bits per heavy atom. The Balaban J connectivity index is 1.95. The molecule has 0 bridgehead atoms. The van der Waals surface area contributed by atoms with Crippen LogP contribution in [0.15, 0.2) is 48.5 Å². The zero-order chi connectivity index (χ0) is 15.1. The number of aryl methyl sites for hydroxylation is 1. The van der Waals surface area contributed by atoms with Gasteiger partial charge in [-0.25, -0.2) is 0 Å². The number of carbonyl (C=O) groups is 1.